The summed E-state index contributed by atoms with van der Waals surface area (Å²) in [6.07, 6.45) is 0. The molecule has 0 amide bonds. The largest absolute Gasteiger partial charge is 0.497 e. The van der Waals surface area contributed by atoms with E-state index < -0.39 is 0 Å². The molecule has 1 aliphatic rings. The van der Waals surface area contributed by atoms with Gasteiger partial charge in [0.1, 0.15) is 5.75 Å². The van der Waals surface area contributed by atoms with Crippen LogP contribution in [0.3, 0.4) is 0 Å². The number of ether oxygens (including phenoxy) is 2. The molecule has 0 radical (unpaired) electrons. The molecule has 0 aromatic heterocycles. The molecule has 1 aromatic carbocycles. The quantitative estimate of drug-likeness (QED) is 0.803. The van der Waals surface area contributed by atoms with Crippen LogP contribution in [0.5, 0.6) is 5.75 Å². The summed E-state index contributed by atoms with van der Waals surface area (Å²) in [4.78, 5) is 12.4. The van der Waals surface area contributed by atoms with Crippen LogP contribution in [0, 0.1) is 5.92 Å². The first-order chi connectivity index (χ1) is 8.76. The number of nitrogens with one attached hydrogen (secondary N) is 1. The number of Topliss-reactive ketones (excluding diaryl/α,β-unsaturated/α-hetero) is 1. The first-order valence-corrected chi connectivity index (χ1v) is 6.25. The van der Waals surface area contributed by atoms with Crippen LogP contribution in [0.1, 0.15) is 17.3 Å². The minimum absolute atomic E-state index is 0.0999. The third kappa shape index (κ3) is 2.71. The van der Waals surface area contributed by atoms with Gasteiger partial charge in [0.05, 0.1) is 26.2 Å². The van der Waals surface area contributed by atoms with Gasteiger partial charge in [0.2, 0.25) is 0 Å². The van der Waals surface area contributed by atoms with Crippen molar-refractivity contribution in [3.8, 4) is 5.75 Å². The fraction of sp³-hybridized carbons (Fsp3) is 0.500. The highest BCUT2D eigenvalue weighted by Crippen LogP contribution is 2.21. The van der Waals surface area contributed by atoms with E-state index in [0.717, 1.165) is 6.54 Å². The van der Waals surface area contributed by atoms with Crippen molar-refractivity contribution in [3.05, 3.63) is 29.8 Å². The molecular formula is C14H19NO3. The Bertz CT molecular complexity index is 419. The van der Waals surface area contributed by atoms with Gasteiger partial charge in [-0.2, -0.15) is 0 Å². The van der Waals surface area contributed by atoms with Crippen molar-refractivity contribution in [3.63, 3.8) is 0 Å². The molecule has 18 heavy (non-hydrogen) atoms. The molecule has 1 aromatic rings. The van der Waals surface area contributed by atoms with E-state index in [1.807, 2.05) is 25.1 Å². The highest BCUT2D eigenvalue weighted by atomic mass is 16.5. The van der Waals surface area contributed by atoms with Crippen LogP contribution in [0.15, 0.2) is 24.3 Å². The van der Waals surface area contributed by atoms with E-state index in [1.54, 1.807) is 13.2 Å². The zero-order chi connectivity index (χ0) is 13.0. The Hall–Kier alpha value is -1.39. The number of methoxy groups -OCH3 is 1. The van der Waals surface area contributed by atoms with E-state index in [9.17, 15) is 4.79 Å². The molecule has 2 atom stereocenters. The molecule has 2 unspecified atom stereocenters. The lowest BCUT2D eigenvalue weighted by atomic mass is 9.93. The molecule has 2 rings (SSSR count). The number of carbonyl (C=O) groups is 1. The maximum Gasteiger partial charge on any atom is 0.170 e. The number of benzene rings is 1. The van der Waals surface area contributed by atoms with Gasteiger partial charge >= 0.3 is 0 Å². The number of ketones is 1. The summed E-state index contributed by atoms with van der Waals surface area (Å²) in [5.41, 5.74) is 0.688. The van der Waals surface area contributed by atoms with Gasteiger partial charge in [0.15, 0.2) is 5.78 Å². The zero-order valence-corrected chi connectivity index (χ0v) is 10.8. The zero-order valence-electron chi connectivity index (χ0n) is 10.8. The summed E-state index contributed by atoms with van der Waals surface area (Å²) >= 11 is 0. The monoisotopic (exact) mass is 249 g/mol. The van der Waals surface area contributed by atoms with Crippen molar-refractivity contribution in [1.29, 1.82) is 0 Å². The van der Waals surface area contributed by atoms with Gasteiger partial charge in [-0.15, -0.1) is 0 Å². The van der Waals surface area contributed by atoms with E-state index in [2.05, 4.69) is 5.32 Å². The van der Waals surface area contributed by atoms with Gasteiger partial charge in [-0.25, -0.2) is 0 Å². The summed E-state index contributed by atoms with van der Waals surface area (Å²) in [7, 11) is 1.60. The summed E-state index contributed by atoms with van der Waals surface area (Å²) in [5, 5.41) is 3.30. The van der Waals surface area contributed by atoms with Crippen molar-refractivity contribution in [2.75, 3.05) is 26.9 Å². The second-order valence-corrected chi connectivity index (χ2v) is 4.40. The predicted octanol–water partition coefficient (Wildman–Crippen LogP) is 1.50. The van der Waals surface area contributed by atoms with E-state index in [4.69, 9.17) is 9.47 Å². The van der Waals surface area contributed by atoms with Gasteiger partial charge in [0, 0.05) is 11.6 Å². The van der Waals surface area contributed by atoms with Crippen LogP contribution < -0.4 is 10.1 Å². The maximum atomic E-state index is 12.4. The number of likely N-dealkylation sites (N-methyl/N-ethyl adjacent to an activating group) is 1. The predicted molar refractivity (Wildman–Crippen MR) is 69.1 cm³/mol. The Morgan fingerprint density at radius 3 is 3.06 bits per heavy atom. The highest BCUT2D eigenvalue weighted by molar-refractivity contribution is 5.98. The Kier molecular flexibility index (Phi) is 4.33. The average molecular weight is 249 g/mol. The van der Waals surface area contributed by atoms with Crippen LogP contribution in [-0.4, -0.2) is 38.7 Å². The van der Waals surface area contributed by atoms with Crippen LogP contribution in [0.4, 0.5) is 0 Å². The van der Waals surface area contributed by atoms with E-state index in [0.29, 0.717) is 24.5 Å². The van der Waals surface area contributed by atoms with Crippen LogP contribution >= 0.6 is 0 Å². The summed E-state index contributed by atoms with van der Waals surface area (Å²) in [6.45, 7) is 3.98. The molecule has 1 fully saturated rings. The Morgan fingerprint density at radius 2 is 2.33 bits per heavy atom. The van der Waals surface area contributed by atoms with E-state index >= 15 is 0 Å². The van der Waals surface area contributed by atoms with Gasteiger partial charge < -0.3 is 14.8 Å². The molecule has 4 nitrogen and oxygen atoms in total. The molecule has 98 valence electrons. The third-order valence-electron chi connectivity index (χ3n) is 3.24. The van der Waals surface area contributed by atoms with Crippen molar-refractivity contribution < 1.29 is 14.3 Å². The molecule has 4 heteroatoms. The molecule has 0 bridgehead atoms. The van der Waals surface area contributed by atoms with Gasteiger partial charge in [0.25, 0.3) is 0 Å². The lowest BCUT2D eigenvalue weighted by Crippen LogP contribution is -2.39. The second kappa shape index (κ2) is 5.98. The molecule has 1 aliphatic heterocycles. The van der Waals surface area contributed by atoms with Crippen LogP contribution in [0.2, 0.25) is 0 Å². The Morgan fingerprint density at radius 1 is 1.50 bits per heavy atom. The van der Waals surface area contributed by atoms with Gasteiger partial charge in [-0.05, 0) is 18.7 Å². The smallest absolute Gasteiger partial charge is 0.170 e. The minimum Gasteiger partial charge on any atom is -0.497 e. The fourth-order valence-corrected chi connectivity index (χ4v) is 2.27. The summed E-state index contributed by atoms with van der Waals surface area (Å²) < 4.78 is 10.5. The average Bonchev–Trinajstić information content (AvgIpc) is 2.86. The molecule has 0 saturated carbocycles. The maximum absolute atomic E-state index is 12.4. The van der Waals surface area contributed by atoms with Crippen molar-refractivity contribution in [1.82, 2.24) is 5.32 Å². The topological polar surface area (TPSA) is 47.6 Å². The lowest BCUT2D eigenvalue weighted by Gasteiger charge is -2.17. The number of rotatable bonds is 5. The number of hydrogen-bond acceptors (Lipinski definition) is 4. The lowest BCUT2D eigenvalue weighted by molar-refractivity contribution is 0.0891. The first kappa shape index (κ1) is 13.1. The van der Waals surface area contributed by atoms with Crippen molar-refractivity contribution in [2.45, 2.75) is 13.0 Å². The number of hydrogen-bond donors (Lipinski definition) is 1. The molecular weight excluding hydrogens is 230 g/mol. The Labute approximate surface area is 107 Å². The Balaban J connectivity index is 2.14. The van der Waals surface area contributed by atoms with Crippen molar-refractivity contribution >= 4 is 5.78 Å². The fourth-order valence-electron chi connectivity index (χ4n) is 2.27. The van der Waals surface area contributed by atoms with Crippen molar-refractivity contribution in [2.24, 2.45) is 5.92 Å². The third-order valence-corrected chi connectivity index (χ3v) is 3.24. The molecule has 1 N–H and O–H groups in total. The molecule has 1 saturated heterocycles. The summed E-state index contributed by atoms with van der Waals surface area (Å²) in [6, 6.07) is 7.40. The van der Waals surface area contributed by atoms with Crippen LogP contribution in [-0.2, 0) is 4.74 Å². The van der Waals surface area contributed by atoms with E-state index in [-0.39, 0.29) is 17.7 Å². The normalized spacial score (nSPS) is 23.0. The van der Waals surface area contributed by atoms with E-state index in [1.165, 1.54) is 0 Å². The number of carbonyl (C=O) groups excluding carboxylic acids is 1. The molecule has 0 aliphatic carbocycles. The van der Waals surface area contributed by atoms with Gasteiger partial charge in [-0.3, -0.25) is 4.79 Å². The van der Waals surface area contributed by atoms with Crippen LogP contribution in [0.25, 0.3) is 0 Å². The molecule has 0 spiro atoms. The SMILES string of the molecule is CCNC1COCC1C(=O)c1cccc(OC)c1. The highest BCUT2D eigenvalue weighted by Gasteiger charge is 2.33. The standard InChI is InChI=1S/C14H19NO3/c1-3-15-13-9-18-8-12(13)14(16)10-5-4-6-11(7-10)17-2/h4-7,12-13,15H,3,8-9H2,1-2H3. The van der Waals surface area contributed by atoms with Gasteiger partial charge in [-0.1, -0.05) is 19.1 Å². The second-order valence-electron chi connectivity index (χ2n) is 4.40. The molecule has 1 heterocycles. The summed E-state index contributed by atoms with van der Waals surface area (Å²) in [5.74, 6) is 0.731. The first-order valence-electron chi connectivity index (χ1n) is 6.25. The minimum atomic E-state index is -0.0999.